The van der Waals surface area contributed by atoms with Crippen LogP contribution in [0.3, 0.4) is 0 Å². The van der Waals surface area contributed by atoms with Crippen LogP contribution in [0.5, 0.6) is 5.75 Å². The molecule has 1 fully saturated rings. The van der Waals surface area contributed by atoms with Gasteiger partial charge in [0.2, 0.25) is 5.91 Å². The van der Waals surface area contributed by atoms with Gasteiger partial charge in [-0.1, -0.05) is 13.0 Å². The summed E-state index contributed by atoms with van der Waals surface area (Å²) in [5.74, 6) is 0.625. The third-order valence-electron chi connectivity index (χ3n) is 3.90. The van der Waals surface area contributed by atoms with Gasteiger partial charge >= 0.3 is 0 Å². The summed E-state index contributed by atoms with van der Waals surface area (Å²) in [7, 11) is 1.78. The summed E-state index contributed by atoms with van der Waals surface area (Å²) in [6.45, 7) is 3.84. The van der Waals surface area contributed by atoms with E-state index >= 15 is 0 Å². The van der Waals surface area contributed by atoms with E-state index in [4.69, 9.17) is 4.74 Å². The van der Waals surface area contributed by atoms with E-state index in [0.29, 0.717) is 24.8 Å². The Morgan fingerprint density at radius 3 is 3.05 bits per heavy atom. The Balaban J connectivity index is 1.78. The first-order chi connectivity index (χ1) is 10.1. The lowest BCUT2D eigenvalue weighted by atomic mass is 9.92. The number of nitrogens with zero attached hydrogens (tertiary/aromatic N) is 1. The lowest BCUT2D eigenvalue weighted by molar-refractivity contribution is -0.134. The van der Waals surface area contributed by atoms with Crippen LogP contribution in [-0.4, -0.2) is 43.6 Å². The highest BCUT2D eigenvalue weighted by atomic mass is 19.1. The Bertz CT molecular complexity index is 481. The molecular weight excluding hydrogens is 271 g/mol. The number of hydrogen-bond acceptors (Lipinski definition) is 3. The van der Waals surface area contributed by atoms with Gasteiger partial charge in [-0.3, -0.25) is 4.79 Å². The molecule has 116 valence electrons. The molecule has 21 heavy (non-hydrogen) atoms. The molecule has 0 saturated carbocycles. The van der Waals surface area contributed by atoms with Crippen LogP contribution in [-0.2, 0) is 4.79 Å². The molecule has 1 heterocycles. The molecule has 2 atom stereocenters. The number of benzene rings is 1. The quantitative estimate of drug-likeness (QED) is 0.903. The number of hydrogen-bond donors (Lipinski definition) is 1. The van der Waals surface area contributed by atoms with Crippen LogP contribution in [0.1, 0.15) is 19.8 Å². The van der Waals surface area contributed by atoms with E-state index in [1.807, 2.05) is 0 Å². The molecule has 0 spiro atoms. The summed E-state index contributed by atoms with van der Waals surface area (Å²) >= 11 is 0. The van der Waals surface area contributed by atoms with Crippen molar-refractivity contribution < 1.29 is 13.9 Å². The molecule has 1 N–H and O–H groups in total. The number of carbonyl (C=O) groups is 1. The van der Waals surface area contributed by atoms with E-state index in [1.165, 1.54) is 12.1 Å². The Labute approximate surface area is 125 Å². The normalized spacial score (nSPS) is 21.9. The number of carbonyl (C=O) groups excluding carboxylic acids is 1. The molecular formula is C16H23FN2O2. The zero-order chi connectivity index (χ0) is 15.2. The maximum absolute atomic E-state index is 13.0. The average Bonchev–Trinajstić information content (AvgIpc) is 2.47. The van der Waals surface area contributed by atoms with Crippen LogP contribution < -0.4 is 10.1 Å². The van der Waals surface area contributed by atoms with Gasteiger partial charge in [0.1, 0.15) is 18.2 Å². The molecule has 1 aliphatic heterocycles. The van der Waals surface area contributed by atoms with Crippen LogP contribution in [0.4, 0.5) is 4.39 Å². The smallest absolute Gasteiger partial charge is 0.239 e. The van der Waals surface area contributed by atoms with Crippen LogP contribution in [0.15, 0.2) is 24.3 Å². The second-order valence-electron chi connectivity index (χ2n) is 5.62. The molecule has 0 bridgehead atoms. The first-order valence-corrected chi connectivity index (χ1v) is 7.44. The van der Waals surface area contributed by atoms with Crippen molar-refractivity contribution in [2.75, 3.05) is 26.7 Å². The Morgan fingerprint density at radius 2 is 2.33 bits per heavy atom. The zero-order valence-electron chi connectivity index (χ0n) is 12.6. The molecule has 0 radical (unpaired) electrons. The van der Waals surface area contributed by atoms with E-state index in [-0.39, 0.29) is 17.8 Å². The highest BCUT2D eigenvalue weighted by Gasteiger charge is 2.29. The van der Waals surface area contributed by atoms with E-state index in [9.17, 15) is 9.18 Å². The standard InChI is InChI=1S/C16H23FN2O2/c1-12-5-4-8-18-15(12)16(20)19(2)9-10-21-14-7-3-6-13(17)11-14/h3,6-7,11-12,15,18H,4-5,8-10H2,1-2H3. The minimum atomic E-state index is -0.322. The molecule has 4 nitrogen and oxygen atoms in total. The van der Waals surface area contributed by atoms with E-state index in [2.05, 4.69) is 12.2 Å². The van der Waals surface area contributed by atoms with Crippen molar-refractivity contribution in [2.24, 2.45) is 5.92 Å². The Kier molecular flexibility index (Phi) is 5.56. The third kappa shape index (κ3) is 4.43. The average molecular weight is 294 g/mol. The molecule has 1 amide bonds. The fraction of sp³-hybridized carbons (Fsp3) is 0.562. The van der Waals surface area contributed by atoms with Crippen molar-refractivity contribution in [2.45, 2.75) is 25.8 Å². The number of nitrogens with one attached hydrogen (secondary N) is 1. The van der Waals surface area contributed by atoms with Crippen molar-refractivity contribution in [1.82, 2.24) is 10.2 Å². The molecule has 5 heteroatoms. The van der Waals surface area contributed by atoms with Gasteiger partial charge in [0.25, 0.3) is 0 Å². The number of ether oxygens (including phenoxy) is 1. The van der Waals surface area contributed by atoms with Crippen LogP contribution in [0.2, 0.25) is 0 Å². The summed E-state index contributed by atoms with van der Waals surface area (Å²) in [5, 5.41) is 3.28. The monoisotopic (exact) mass is 294 g/mol. The van der Waals surface area contributed by atoms with Crippen molar-refractivity contribution >= 4 is 5.91 Å². The lowest BCUT2D eigenvalue weighted by Gasteiger charge is -2.32. The van der Waals surface area contributed by atoms with Gasteiger partial charge in [-0.05, 0) is 37.4 Å². The molecule has 1 aromatic rings. The van der Waals surface area contributed by atoms with Gasteiger partial charge in [-0.2, -0.15) is 0 Å². The predicted molar refractivity (Wildman–Crippen MR) is 79.7 cm³/mol. The van der Waals surface area contributed by atoms with Crippen LogP contribution >= 0.6 is 0 Å². The van der Waals surface area contributed by atoms with E-state index < -0.39 is 0 Å². The maximum Gasteiger partial charge on any atom is 0.239 e. The van der Waals surface area contributed by atoms with Crippen molar-refractivity contribution in [3.8, 4) is 5.75 Å². The molecule has 1 saturated heterocycles. The number of piperidine rings is 1. The first-order valence-electron chi connectivity index (χ1n) is 7.44. The zero-order valence-corrected chi connectivity index (χ0v) is 12.6. The Morgan fingerprint density at radius 1 is 1.52 bits per heavy atom. The molecule has 2 rings (SSSR count). The number of amides is 1. The third-order valence-corrected chi connectivity index (χ3v) is 3.90. The van der Waals surface area contributed by atoms with Gasteiger partial charge in [-0.15, -0.1) is 0 Å². The largest absolute Gasteiger partial charge is 0.492 e. The molecule has 0 aliphatic carbocycles. The van der Waals surface area contributed by atoms with Crippen LogP contribution in [0, 0.1) is 11.7 Å². The van der Waals surface area contributed by atoms with Gasteiger partial charge in [-0.25, -0.2) is 4.39 Å². The SMILES string of the molecule is CC1CCCNC1C(=O)N(C)CCOc1cccc(F)c1. The number of likely N-dealkylation sites (N-methyl/N-ethyl adjacent to an activating group) is 1. The summed E-state index contributed by atoms with van der Waals surface area (Å²) in [4.78, 5) is 14.0. The van der Waals surface area contributed by atoms with E-state index in [0.717, 1.165) is 19.4 Å². The summed E-state index contributed by atoms with van der Waals surface area (Å²) in [6, 6.07) is 5.92. The second-order valence-corrected chi connectivity index (χ2v) is 5.62. The minimum absolute atomic E-state index is 0.0991. The topological polar surface area (TPSA) is 41.6 Å². The molecule has 1 aromatic carbocycles. The maximum atomic E-state index is 13.0. The molecule has 0 aromatic heterocycles. The van der Waals surface area contributed by atoms with Gasteiger partial charge in [0.15, 0.2) is 0 Å². The van der Waals surface area contributed by atoms with Crippen molar-refractivity contribution in [3.63, 3.8) is 0 Å². The first kappa shape index (κ1) is 15.8. The van der Waals surface area contributed by atoms with Gasteiger partial charge in [0.05, 0.1) is 12.6 Å². The lowest BCUT2D eigenvalue weighted by Crippen LogP contribution is -2.51. The summed E-state index contributed by atoms with van der Waals surface area (Å²) in [6.07, 6.45) is 2.20. The van der Waals surface area contributed by atoms with Crippen molar-refractivity contribution in [1.29, 1.82) is 0 Å². The van der Waals surface area contributed by atoms with E-state index in [1.54, 1.807) is 24.1 Å². The molecule has 2 unspecified atom stereocenters. The van der Waals surface area contributed by atoms with Crippen molar-refractivity contribution in [3.05, 3.63) is 30.1 Å². The summed E-state index contributed by atoms with van der Waals surface area (Å²) < 4.78 is 18.5. The number of halogens is 1. The fourth-order valence-electron chi connectivity index (χ4n) is 2.58. The predicted octanol–water partition coefficient (Wildman–Crippen LogP) is 2.05. The van der Waals surface area contributed by atoms with Gasteiger partial charge in [0, 0.05) is 13.1 Å². The van der Waals surface area contributed by atoms with Crippen LogP contribution in [0.25, 0.3) is 0 Å². The second kappa shape index (κ2) is 7.41. The highest BCUT2D eigenvalue weighted by molar-refractivity contribution is 5.82. The fourth-order valence-corrected chi connectivity index (χ4v) is 2.58. The minimum Gasteiger partial charge on any atom is -0.492 e. The number of rotatable bonds is 5. The van der Waals surface area contributed by atoms with Gasteiger partial charge < -0.3 is 15.0 Å². The summed E-state index contributed by atoms with van der Waals surface area (Å²) in [5.41, 5.74) is 0. The highest BCUT2D eigenvalue weighted by Crippen LogP contribution is 2.17. The molecule has 1 aliphatic rings. The Hall–Kier alpha value is -1.62.